The molecule has 0 radical (unpaired) electrons. The van der Waals surface area contributed by atoms with E-state index in [9.17, 15) is 0 Å². The Morgan fingerprint density at radius 3 is 2.87 bits per heavy atom. The molecule has 7 heteroatoms. The number of hydrogen-bond donors (Lipinski definition) is 0. The second-order valence-corrected chi connectivity index (χ2v) is 4.98. The van der Waals surface area contributed by atoms with Crippen molar-refractivity contribution in [2.24, 2.45) is 0 Å². The molecule has 0 atom stereocenters. The van der Waals surface area contributed by atoms with Crippen molar-refractivity contribution < 1.29 is 9.15 Å². The highest BCUT2D eigenvalue weighted by Crippen LogP contribution is 2.29. The van der Waals surface area contributed by atoms with E-state index >= 15 is 0 Å². The van der Waals surface area contributed by atoms with Gasteiger partial charge < -0.3 is 9.15 Å². The molecule has 0 spiro atoms. The number of aromatic nitrogens is 5. The van der Waals surface area contributed by atoms with Crippen molar-refractivity contribution in [3.05, 3.63) is 54.4 Å². The van der Waals surface area contributed by atoms with Gasteiger partial charge in [-0.3, -0.25) is 0 Å². The van der Waals surface area contributed by atoms with E-state index in [1.54, 1.807) is 7.11 Å². The van der Waals surface area contributed by atoms with E-state index in [1.165, 1.54) is 11.1 Å². The Bertz CT molecular complexity index is 913. The van der Waals surface area contributed by atoms with Gasteiger partial charge in [-0.05, 0) is 29.5 Å². The van der Waals surface area contributed by atoms with Gasteiger partial charge in [0.2, 0.25) is 5.89 Å². The van der Waals surface area contributed by atoms with Gasteiger partial charge in [0.1, 0.15) is 11.3 Å². The molecule has 2 aromatic carbocycles. The van der Waals surface area contributed by atoms with Crippen molar-refractivity contribution >= 4 is 11.1 Å². The quantitative estimate of drug-likeness (QED) is 0.576. The zero-order chi connectivity index (χ0) is 15.6. The predicted octanol–water partition coefficient (Wildman–Crippen LogP) is 2.54. The molecule has 0 aliphatic heterocycles. The van der Waals surface area contributed by atoms with Gasteiger partial charge in [-0.25, -0.2) is 4.98 Å². The number of nitrogens with zero attached hydrogens (tertiary/aromatic N) is 5. The maximum absolute atomic E-state index is 5.79. The Hall–Kier alpha value is -3.22. The summed E-state index contributed by atoms with van der Waals surface area (Å²) in [5.41, 5.74) is 3.40. The number of hydrogen-bond acceptors (Lipinski definition) is 6. The van der Waals surface area contributed by atoms with Crippen molar-refractivity contribution in [3.63, 3.8) is 0 Å². The predicted molar refractivity (Wildman–Crippen MR) is 82.9 cm³/mol. The van der Waals surface area contributed by atoms with Crippen LogP contribution in [0.5, 0.6) is 5.75 Å². The molecule has 0 N–H and O–H groups in total. The van der Waals surface area contributed by atoms with Gasteiger partial charge in [0.25, 0.3) is 0 Å². The summed E-state index contributed by atoms with van der Waals surface area (Å²) in [4.78, 5) is 6.00. The summed E-state index contributed by atoms with van der Waals surface area (Å²) in [6.07, 6.45) is 1.40. The molecule has 7 nitrogen and oxygen atoms in total. The van der Waals surface area contributed by atoms with Crippen molar-refractivity contribution in [2.75, 3.05) is 7.11 Å². The fraction of sp³-hybridized carbons (Fsp3) is 0.125. The van der Waals surface area contributed by atoms with Gasteiger partial charge in [0, 0.05) is 11.1 Å². The second-order valence-electron chi connectivity index (χ2n) is 4.98. The first-order valence-electron chi connectivity index (χ1n) is 7.07. The molecule has 4 rings (SSSR count). The molecule has 2 heterocycles. The van der Waals surface area contributed by atoms with Crippen LogP contribution in [0.3, 0.4) is 0 Å². The molecular formula is C16H13N5O2. The molecule has 2 aromatic heterocycles. The van der Waals surface area contributed by atoms with Gasteiger partial charge >= 0.3 is 0 Å². The summed E-state index contributed by atoms with van der Waals surface area (Å²) >= 11 is 0. The summed E-state index contributed by atoms with van der Waals surface area (Å²) in [5.74, 6) is 1.29. The summed E-state index contributed by atoms with van der Waals surface area (Å²) in [6.45, 7) is 0.483. The van der Waals surface area contributed by atoms with E-state index in [1.807, 2.05) is 42.5 Å². The molecule has 0 saturated carbocycles. The normalized spacial score (nSPS) is 11.0. The highest BCUT2D eigenvalue weighted by Gasteiger charge is 2.12. The van der Waals surface area contributed by atoms with E-state index < -0.39 is 0 Å². The SMILES string of the molecule is COc1cc(-c2nc3ccccc3o2)ccc1Cn1ncnn1. The number of ether oxygens (including phenoxy) is 1. The number of fused-ring (bicyclic) bond motifs is 1. The van der Waals surface area contributed by atoms with Crippen molar-refractivity contribution in [1.82, 2.24) is 25.2 Å². The maximum atomic E-state index is 5.79. The minimum Gasteiger partial charge on any atom is -0.496 e. The van der Waals surface area contributed by atoms with Crippen LogP contribution in [0.4, 0.5) is 0 Å². The Morgan fingerprint density at radius 2 is 2.09 bits per heavy atom. The number of oxazole rings is 1. The zero-order valence-electron chi connectivity index (χ0n) is 12.4. The standard InChI is InChI=1S/C16H13N5O2/c1-22-15-8-11(6-7-12(15)9-21-18-10-17-20-21)16-19-13-4-2-3-5-14(13)23-16/h2-8,10H,9H2,1H3. The number of methoxy groups -OCH3 is 1. The molecule has 23 heavy (non-hydrogen) atoms. The van der Waals surface area contributed by atoms with E-state index in [-0.39, 0.29) is 0 Å². The first kappa shape index (κ1) is 13.4. The average molecular weight is 307 g/mol. The number of para-hydroxylation sites is 2. The molecule has 0 aliphatic rings. The lowest BCUT2D eigenvalue weighted by atomic mass is 10.1. The average Bonchev–Trinajstić information content (AvgIpc) is 3.24. The highest BCUT2D eigenvalue weighted by molar-refractivity contribution is 5.76. The maximum Gasteiger partial charge on any atom is 0.227 e. The largest absolute Gasteiger partial charge is 0.496 e. The Kier molecular flexibility index (Phi) is 3.23. The first-order chi connectivity index (χ1) is 11.3. The summed E-state index contributed by atoms with van der Waals surface area (Å²) in [6, 6.07) is 13.5. The van der Waals surface area contributed by atoms with E-state index in [0.717, 1.165) is 28.0 Å². The van der Waals surface area contributed by atoms with Crippen LogP contribution in [-0.2, 0) is 6.54 Å². The lowest BCUT2D eigenvalue weighted by molar-refractivity contribution is 0.405. The van der Waals surface area contributed by atoms with Gasteiger partial charge in [0.15, 0.2) is 11.9 Å². The van der Waals surface area contributed by atoms with Gasteiger partial charge in [-0.1, -0.05) is 18.2 Å². The molecule has 0 bridgehead atoms. The van der Waals surface area contributed by atoms with Crippen LogP contribution < -0.4 is 4.74 Å². The Morgan fingerprint density at radius 1 is 1.17 bits per heavy atom. The number of rotatable bonds is 4. The van der Waals surface area contributed by atoms with Crippen molar-refractivity contribution in [3.8, 4) is 17.2 Å². The van der Waals surface area contributed by atoms with Crippen LogP contribution in [0.25, 0.3) is 22.6 Å². The third-order valence-electron chi connectivity index (χ3n) is 3.53. The van der Waals surface area contributed by atoms with E-state index in [4.69, 9.17) is 9.15 Å². The molecule has 4 aromatic rings. The van der Waals surface area contributed by atoms with E-state index in [2.05, 4.69) is 20.4 Å². The van der Waals surface area contributed by atoms with Gasteiger partial charge in [0.05, 0.1) is 13.7 Å². The van der Waals surface area contributed by atoms with Gasteiger partial charge in [-0.2, -0.15) is 4.80 Å². The van der Waals surface area contributed by atoms with Crippen LogP contribution >= 0.6 is 0 Å². The highest BCUT2D eigenvalue weighted by atomic mass is 16.5. The molecule has 0 fully saturated rings. The lowest BCUT2D eigenvalue weighted by Gasteiger charge is -2.08. The third-order valence-corrected chi connectivity index (χ3v) is 3.53. The zero-order valence-corrected chi connectivity index (χ0v) is 12.4. The van der Waals surface area contributed by atoms with E-state index in [0.29, 0.717) is 12.4 Å². The summed E-state index contributed by atoms with van der Waals surface area (Å²) in [7, 11) is 1.63. The number of benzene rings is 2. The van der Waals surface area contributed by atoms with Crippen LogP contribution in [0.15, 0.2) is 53.2 Å². The molecule has 0 unspecified atom stereocenters. The first-order valence-corrected chi connectivity index (χ1v) is 7.07. The van der Waals surface area contributed by atoms with Crippen LogP contribution in [0.2, 0.25) is 0 Å². The molecule has 0 aliphatic carbocycles. The fourth-order valence-electron chi connectivity index (χ4n) is 2.42. The Labute approximate surface area is 131 Å². The van der Waals surface area contributed by atoms with Crippen LogP contribution in [0, 0.1) is 0 Å². The molecule has 0 saturated heterocycles. The third kappa shape index (κ3) is 2.52. The monoisotopic (exact) mass is 307 g/mol. The van der Waals surface area contributed by atoms with Crippen molar-refractivity contribution in [2.45, 2.75) is 6.54 Å². The van der Waals surface area contributed by atoms with Crippen molar-refractivity contribution in [1.29, 1.82) is 0 Å². The van der Waals surface area contributed by atoms with Gasteiger partial charge in [-0.15, -0.1) is 10.2 Å². The fourth-order valence-corrected chi connectivity index (χ4v) is 2.42. The summed E-state index contributed by atoms with van der Waals surface area (Å²) < 4.78 is 11.3. The molecular weight excluding hydrogens is 294 g/mol. The molecule has 114 valence electrons. The summed E-state index contributed by atoms with van der Waals surface area (Å²) in [5, 5.41) is 11.6. The number of tetrazole rings is 1. The Balaban J connectivity index is 1.72. The smallest absolute Gasteiger partial charge is 0.227 e. The topological polar surface area (TPSA) is 78.9 Å². The van der Waals surface area contributed by atoms with Crippen LogP contribution in [0.1, 0.15) is 5.56 Å². The minimum atomic E-state index is 0.483. The lowest BCUT2D eigenvalue weighted by Crippen LogP contribution is -2.05. The molecule has 0 amide bonds. The van der Waals surface area contributed by atoms with Crippen LogP contribution in [-0.4, -0.2) is 32.3 Å². The second kappa shape index (κ2) is 5.53. The minimum absolute atomic E-state index is 0.483.